The van der Waals surface area contributed by atoms with Crippen LogP contribution in [0.4, 0.5) is 0 Å². The fourth-order valence-electron chi connectivity index (χ4n) is 8.38. The van der Waals surface area contributed by atoms with E-state index in [0.29, 0.717) is 0 Å². The predicted octanol–water partition coefficient (Wildman–Crippen LogP) is 12.7. The Balaban J connectivity index is 1.58. The quantitative estimate of drug-likeness (QED) is 0.158. The van der Waals surface area contributed by atoms with Crippen LogP contribution >= 0.6 is 17.0 Å². The third-order valence-electron chi connectivity index (χ3n) is 11.1. The summed E-state index contributed by atoms with van der Waals surface area (Å²) in [6.45, 7) is 18.5. The molecule has 6 rings (SSSR count). The molecule has 0 aromatic heterocycles. The SMILES string of the molecule is CCC1=Cc2c(-c3ccc(CC)cc3)ccc(C)c2[CH]1[Zr]([Cl])([Cl])([CH]1C(C)=Cc2c(-c3ccc(CC)cc3)ccc(C)c21)[SiH](C)C. The summed E-state index contributed by atoms with van der Waals surface area (Å²) in [5, 5.41) is 0. The van der Waals surface area contributed by atoms with Crippen LogP contribution in [0.25, 0.3) is 34.4 Å². The molecule has 0 spiro atoms. The van der Waals surface area contributed by atoms with Crippen molar-refractivity contribution in [2.75, 3.05) is 0 Å². The third-order valence-corrected chi connectivity index (χ3v) is 63.0. The van der Waals surface area contributed by atoms with E-state index in [9.17, 15) is 0 Å². The summed E-state index contributed by atoms with van der Waals surface area (Å²) in [4.78, 5) is 0. The molecule has 0 radical (unpaired) electrons. The van der Waals surface area contributed by atoms with Gasteiger partial charge in [-0.15, -0.1) is 0 Å². The fraction of sp³-hybridized carbons (Fsp3) is 0.317. The number of hydrogen-bond donors (Lipinski definition) is 0. The normalized spacial score (nSPS) is 18.3. The van der Waals surface area contributed by atoms with Crippen LogP contribution in [0.1, 0.15) is 85.9 Å². The van der Waals surface area contributed by atoms with Gasteiger partial charge in [-0.2, -0.15) is 0 Å². The Hall–Kier alpha value is -1.96. The van der Waals surface area contributed by atoms with Crippen molar-refractivity contribution in [3.05, 3.63) is 128 Å². The first-order valence-electron chi connectivity index (χ1n) is 16.9. The average molecular weight is 730 g/mol. The van der Waals surface area contributed by atoms with E-state index in [1.807, 2.05) is 0 Å². The summed E-state index contributed by atoms with van der Waals surface area (Å²) in [7, 11) is 17.3. The minimum absolute atomic E-state index is 0.101. The molecule has 4 aromatic carbocycles. The van der Waals surface area contributed by atoms with E-state index in [1.165, 1.54) is 77.9 Å². The Morgan fingerprint density at radius 3 is 1.44 bits per heavy atom. The van der Waals surface area contributed by atoms with Gasteiger partial charge >= 0.3 is 283 Å². The maximum absolute atomic E-state index is 8.64. The van der Waals surface area contributed by atoms with E-state index in [0.717, 1.165) is 19.3 Å². The number of rotatable bonds is 8. The van der Waals surface area contributed by atoms with Gasteiger partial charge in [-0.05, 0) is 0 Å². The molecule has 0 aliphatic heterocycles. The molecule has 2 aliphatic carbocycles. The Labute approximate surface area is 280 Å². The molecule has 0 N–H and O–H groups in total. The van der Waals surface area contributed by atoms with Gasteiger partial charge in [0.25, 0.3) is 0 Å². The Morgan fingerprint density at radius 1 is 0.578 bits per heavy atom. The standard InChI is InChI=1S/C20H21.C19H19.C2H7Si.2ClH.Zr/c1-4-15-7-9-17(10-8-15)18-11-6-14(3)19-12-16(5-2)13-20(18)19;1-4-15-6-8-16(9-7-15)17-10-5-14(3)18-11-13(2)12-19(17)18;1-3-2;;;/h6-13H,4-5H2,1-3H3;5-12H,4H2,1-3H3;3H,1-2H3;2*1H;/q;;;;;+2/p-2. The van der Waals surface area contributed by atoms with Crippen molar-refractivity contribution in [3.8, 4) is 22.3 Å². The van der Waals surface area contributed by atoms with Crippen LogP contribution in [0.15, 0.2) is 83.9 Å². The van der Waals surface area contributed by atoms with Gasteiger partial charge in [-0.1, -0.05) is 0 Å². The van der Waals surface area contributed by atoms with Crippen LogP contribution in [0.3, 0.4) is 0 Å². The molecule has 2 aliphatic rings. The maximum atomic E-state index is 8.64. The summed E-state index contributed by atoms with van der Waals surface area (Å²) < 4.78 is 0.214. The third kappa shape index (κ3) is 5.18. The molecule has 0 nitrogen and oxygen atoms in total. The van der Waals surface area contributed by atoms with E-state index in [1.54, 1.807) is 0 Å². The van der Waals surface area contributed by atoms with Gasteiger partial charge < -0.3 is 0 Å². The van der Waals surface area contributed by atoms with Crippen LogP contribution < -0.4 is 0 Å². The number of hydrogen-bond acceptors (Lipinski definition) is 0. The first kappa shape index (κ1) is 33.0. The van der Waals surface area contributed by atoms with Crippen molar-refractivity contribution in [1.82, 2.24) is 0 Å². The molecule has 2 unspecified atom stereocenters. The van der Waals surface area contributed by atoms with Crippen molar-refractivity contribution < 1.29 is 15.6 Å². The molecule has 0 amide bonds. The summed E-state index contributed by atoms with van der Waals surface area (Å²) in [6, 6.07) is 27.5. The Bertz CT molecular complexity index is 1840. The van der Waals surface area contributed by atoms with Gasteiger partial charge in [0.15, 0.2) is 0 Å². The Kier molecular flexibility index (Phi) is 8.97. The van der Waals surface area contributed by atoms with Gasteiger partial charge in [0, 0.05) is 0 Å². The van der Waals surface area contributed by atoms with E-state index in [2.05, 4.69) is 140 Å². The summed E-state index contributed by atoms with van der Waals surface area (Å²) >= 11 is -4.80. The van der Waals surface area contributed by atoms with Crippen molar-refractivity contribution in [2.45, 2.75) is 81.2 Å². The molecule has 4 heteroatoms. The molecule has 4 aromatic rings. The Morgan fingerprint density at radius 2 is 1.02 bits per heavy atom. The number of halogens is 2. The molecular weight excluding hydrogens is 683 g/mol. The van der Waals surface area contributed by atoms with Gasteiger partial charge in [-0.3, -0.25) is 0 Å². The zero-order valence-corrected chi connectivity index (χ0v) is 33.3. The molecule has 233 valence electrons. The first-order chi connectivity index (χ1) is 21.4. The second-order valence-electron chi connectivity index (χ2n) is 13.8. The number of benzene rings is 4. The molecule has 0 bridgehead atoms. The summed E-state index contributed by atoms with van der Waals surface area (Å²) in [5.41, 5.74) is 18.8. The van der Waals surface area contributed by atoms with Gasteiger partial charge in [0.1, 0.15) is 0 Å². The van der Waals surface area contributed by atoms with E-state index < -0.39 is 21.5 Å². The van der Waals surface area contributed by atoms with E-state index in [-0.39, 0.29) is 7.25 Å². The van der Waals surface area contributed by atoms with Crippen molar-refractivity contribution in [1.29, 1.82) is 0 Å². The number of aryl methyl sites for hydroxylation is 4. The zero-order chi connectivity index (χ0) is 32.3. The fourth-order valence-corrected chi connectivity index (χ4v) is 40.8. The molecule has 0 heterocycles. The molecule has 0 saturated carbocycles. The molecule has 45 heavy (non-hydrogen) atoms. The topological polar surface area (TPSA) is 0 Å². The van der Waals surface area contributed by atoms with Crippen molar-refractivity contribution >= 4 is 35.1 Å². The van der Waals surface area contributed by atoms with Crippen LogP contribution in [-0.2, 0) is 28.4 Å². The van der Waals surface area contributed by atoms with Crippen LogP contribution in [0, 0.1) is 13.8 Å². The first-order valence-corrected chi connectivity index (χ1v) is 33.2. The van der Waals surface area contributed by atoms with Gasteiger partial charge in [0.2, 0.25) is 0 Å². The summed E-state index contributed by atoms with van der Waals surface area (Å²) in [6.07, 6.45) is 7.98. The van der Waals surface area contributed by atoms with Crippen molar-refractivity contribution in [3.63, 3.8) is 0 Å². The summed E-state index contributed by atoms with van der Waals surface area (Å²) in [5.74, 6) is -1.61. The molecule has 2 atom stereocenters. The van der Waals surface area contributed by atoms with Crippen molar-refractivity contribution in [2.24, 2.45) is 0 Å². The minimum atomic E-state index is -4.80. The van der Waals surface area contributed by atoms with Crippen LogP contribution in [-0.4, -0.2) is 5.92 Å². The van der Waals surface area contributed by atoms with E-state index >= 15 is 0 Å². The van der Waals surface area contributed by atoms with Gasteiger partial charge in [-0.25, -0.2) is 0 Å². The van der Waals surface area contributed by atoms with Gasteiger partial charge in [0.05, 0.1) is 0 Å². The second kappa shape index (κ2) is 12.2. The number of fused-ring (bicyclic) bond motifs is 2. The predicted molar refractivity (Wildman–Crippen MR) is 200 cm³/mol. The van der Waals surface area contributed by atoms with Crippen LogP contribution in [0.2, 0.25) is 13.1 Å². The average Bonchev–Trinajstić information content (AvgIpc) is 3.62. The zero-order valence-electron chi connectivity index (χ0n) is 28.2. The molecule has 0 saturated heterocycles. The molecular formula is C41H47Cl2SiZr. The van der Waals surface area contributed by atoms with Crippen LogP contribution in [0.5, 0.6) is 0 Å². The molecule has 0 fully saturated rings. The number of allylic oxidation sites excluding steroid dienone is 2. The van der Waals surface area contributed by atoms with E-state index in [4.69, 9.17) is 17.0 Å². The second-order valence-corrected chi connectivity index (χ2v) is 56.3. The monoisotopic (exact) mass is 727 g/mol.